The molecular formula is C11H10N2O. The lowest BCUT2D eigenvalue weighted by Gasteiger charge is -1.91. The number of nitrogens with zero attached hydrogens (tertiary/aromatic N) is 2. The molecule has 0 aliphatic heterocycles. The van der Waals surface area contributed by atoms with Gasteiger partial charge in [-0.25, -0.2) is 4.98 Å². The smallest absolute Gasteiger partial charge is 0.142 e. The fourth-order valence-electron chi connectivity index (χ4n) is 1.52. The number of carbonyl (C=O) groups excluding carboxylic acids is 1. The standard InChI is InChI=1S/C11H10N2O/c1-13-8-9(4-3-7-14)10-5-2-6-12-11(10)13/h2-8H,1H3/b4-3+. The minimum atomic E-state index is 0.773. The van der Waals surface area contributed by atoms with Crippen LogP contribution in [0.4, 0.5) is 0 Å². The highest BCUT2D eigenvalue weighted by atomic mass is 16.1. The van der Waals surface area contributed by atoms with Crippen LogP contribution in [-0.4, -0.2) is 15.8 Å². The number of carbonyl (C=O) groups is 1. The van der Waals surface area contributed by atoms with Gasteiger partial charge in [0.2, 0.25) is 0 Å². The number of pyridine rings is 1. The van der Waals surface area contributed by atoms with Crippen LogP contribution in [0.5, 0.6) is 0 Å². The number of aryl methyl sites for hydroxylation is 1. The maximum Gasteiger partial charge on any atom is 0.142 e. The number of fused-ring (bicyclic) bond motifs is 1. The summed E-state index contributed by atoms with van der Waals surface area (Å²) in [7, 11) is 1.94. The normalized spacial score (nSPS) is 11.2. The molecule has 0 unspecified atom stereocenters. The van der Waals surface area contributed by atoms with Crippen molar-refractivity contribution in [3.05, 3.63) is 36.2 Å². The SMILES string of the molecule is Cn1cc(/C=C/C=O)c2cccnc21. The first-order valence-electron chi connectivity index (χ1n) is 4.35. The average molecular weight is 186 g/mol. The summed E-state index contributed by atoms with van der Waals surface area (Å²) in [6.45, 7) is 0. The molecule has 0 saturated heterocycles. The molecule has 0 atom stereocenters. The predicted molar refractivity (Wildman–Crippen MR) is 55.8 cm³/mol. The van der Waals surface area contributed by atoms with Crippen LogP contribution in [0.1, 0.15) is 5.56 Å². The molecular weight excluding hydrogens is 176 g/mol. The van der Waals surface area contributed by atoms with Crippen LogP contribution in [0.3, 0.4) is 0 Å². The Balaban J connectivity index is 2.66. The Kier molecular flexibility index (Phi) is 2.14. The van der Waals surface area contributed by atoms with Gasteiger partial charge in [0.25, 0.3) is 0 Å². The van der Waals surface area contributed by atoms with E-state index >= 15 is 0 Å². The summed E-state index contributed by atoms with van der Waals surface area (Å²) < 4.78 is 1.94. The maximum atomic E-state index is 10.2. The van der Waals surface area contributed by atoms with E-state index in [1.165, 1.54) is 6.08 Å². The van der Waals surface area contributed by atoms with Gasteiger partial charge in [-0.15, -0.1) is 0 Å². The first kappa shape index (κ1) is 8.69. The first-order valence-corrected chi connectivity index (χ1v) is 4.35. The van der Waals surface area contributed by atoms with E-state index < -0.39 is 0 Å². The van der Waals surface area contributed by atoms with Gasteiger partial charge in [0, 0.05) is 30.4 Å². The summed E-state index contributed by atoms with van der Waals surface area (Å²) in [5.41, 5.74) is 1.95. The summed E-state index contributed by atoms with van der Waals surface area (Å²) in [4.78, 5) is 14.5. The van der Waals surface area contributed by atoms with Gasteiger partial charge in [0.1, 0.15) is 11.9 Å². The fourth-order valence-corrected chi connectivity index (χ4v) is 1.52. The Hall–Kier alpha value is -1.90. The van der Waals surface area contributed by atoms with Crippen LogP contribution in [0, 0.1) is 0 Å². The van der Waals surface area contributed by atoms with E-state index in [2.05, 4.69) is 4.98 Å². The molecule has 0 amide bonds. The minimum absolute atomic E-state index is 0.773. The molecule has 70 valence electrons. The molecule has 14 heavy (non-hydrogen) atoms. The first-order chi connectivity index (χ1) is 6.83. The molecule has 0 N–H and O–H groups in total. The Labute approximate surface area is 81.7 Å². The molecule has 0 radical (unpaired) electrons. The second kappa shape index (κ2) is 3.46. The van der Waals surface area contributed by atoms with E-state index in [1.807, 2.05) is 29.9 Å². The Morgan fingerprint density at radius 3 is 3.14 bits per heavy atom. The summed E-state index contributed by atoms with van der Waals surface area (Å²) in [6, 6.07) is 3.88. The average Bonchev–Trinajstić information content (AvgIpc) is 2.54. The zero-order chi connectivity index (χ0) is 9.97. The molecule has 2 rings (SSSR count). The van der Waals surface area contributed by atoms with Crippen LogP contribution in [0.15, 0.2) is 30.6 Å². The Morgan fingerprint density at radius 1 is 1.50 bits per heavy atom. The second-order valence-electron chi connectivity index (χ2n) is 3.07. The molecule has 0 aliphatic carbocycles. The molecule has 0 bridgehead atoms. The molecule has 2 aromatic rings. The fraction of sp³-hybridized carbons (Fsp3) is 0.0909. The largest absolute Gasteiger partial charge is 0.335 e. The van der Waals surface area contributed by atoms with Crippen LogP contribution in [0.25, 0.3) is 17.1 Å². The van der Waals surface area contributed by atoms with Crippen molar-refractivity contribution < 1.29 is 4.79 Å². The van der Waals surface area contributed by atoms with Gasteiger partial charge in [-0.2, -0.15) is 0 Å². The third kappa shape index (κ3) is 1.33. The van der Waals surface area contributed by atoms with Gasteiger partial charge in [-0.1, -0.05) is 0 Å². The summed E-state index contributed by atoms with van der Waals surface area (Å²) >= 11 is 0. The third-order valence-corrected chi connectivity index (χ3v) is 2.12. The summed E-state index contributed by atoms with van der Waals surface area (Å²) in [5.74, 6) is 0. The molecule has 0 spiro atoms. The van der Waals surface area contributed by atoms with Crippen molar-refractivity contribution in [3.63, 3.8) is 0 Å². The predicted octanol–water partition coefficient (Wildman–Crippen LogP) is 1.79. The van der Waals surface area contributed by atoms with Gasteiger partial charge >= 0.3 is 0 Å². The van der Waals surface area contributed by atoms with E-state index in [0.29, 0.717) is 0 Å². The maximum absolute atomic E-state index is 10.2. The molecule has 0 saturated carbocycles. The van der Waals surface area contributed by atoms with Crippen LogP contribution >= 0.6 is 0 Å². The van der Waals surface area contributed by atoms with E-state index in [1.54, 1.807) is 12.3 Å². The topological polar surface area (TPSA) is 34.9 Å². The van der Waals surface area contributed by atoms with Crippen LogP contribution in [-0.2, 0) is 11.8 Å². The minimum Gasteiger partial charge on any atom is -0.335 e. The summed E-state index contributed by atoms with van der Waals surface area (Å²) in [6.07, 6.45) is 7.77. The molecule has 3 heteroatoms. The van der Waals surface area contributed by atoms with Crippen molar-refractivity contribution in [3.8, 4) is 0 Å². The number of aromatic nitrogens is 2. The third-order valence-electron chi connectivity index (χ3n) is 2.12. The Bertz CT molecular complexity index is 497. The van der Waals surface area contributed by atoms with Gasteiger partial charge in [0.05, 0.1) is 0 Å². The van der Waals surface area contributed by atoms with Crippen molar-refractivity contribution in [1.82, 2.24) is 9.55 Å². The highest BCUT2D eigenvalue weighted by Gasteiger charge is 2.02. The van der Waals surface area contributed by atoms with Gasteiger partial charge in [-0.3, -0.25) is 4.79 Å². The lowest BCUT2D eigenvalue weighted by atomic mass is 10.2. The molecule has 0 aliphatic rings. The lowest BCUT2D eigenvalue weighted by Crippen LogP contribution is -1.85. The monoisotopic (exact) mass is 186 g/mol. The Morgan fingerprint density at radius 2 is 2.36 bits per heavy atom. The molecule has 3 nitrogen and oxygen atoms in total. The van der Waals surface area contributed by atoms with E-state index in [-0.39, 0.29) is 0 Å². The number of allylic oxidation sites excluding steroid dienone is 1. The van der Waals surface area contributed by atoms with Crippen molar-refractivity contribution in [1.29, 1.82) is 0 Å². The molecule has 0 aromatic carbocycles. The van der Waals surface area contributed by atoms with E-state index in [4.69, 9.17) is 0 Å². The zero-order valence-corrected chi connectivity index (χ0v) is 7.84. The number of aldehydes is 1. The van der Waals surface area contributed by atoms with Gasteiger partial charge in [0.15, 0.2) is 0 Å². The quantitative estimate of drug-likeness (QED) is 0.529. The highest BCUT2D eigenvalue weighted by Crippen LogP contribution is 2.18. The van der Waals surface area contributed by atoms with Crippen LogP contribution < -0.4 is 0 Å². The molecule has 2 aromatic heterocycles. The van der Waals surface area contributed by atoms with Gasteiger partial charge < -0.3 is 4.57 Å². The highest BCUT2D eigenvalue weighted by molar-refractivity contribution is 5.89. The molecule has 2 heterocycles. The van der Waals surface area contributed by atoms with E-state index in [9.17, 15) is 4.79 Å². The van der Waals surface area contributed by atoms with Crippen molar-refractivity contribution in [2.45, 2.75) is 0 Å². The van der Waals surface area contributed by atoms with Crippen molar-refractivity contribution in [2.75, 3.05) is 0 Å². The van der Waals surface area contributed by atoms with Crippen molar-refractivity contribution >= 4 is 23.4 Å². The van der Waals surface area contributed by atoms with Crippen LogP contribution in [0.2, 0.25) is 0 Å². The lowest BCUT2D eigenvalue weighted by molar-refractivity contribution is -0.104. The zero-order valence-electron chi connectivity index (χ0n) is 7.84. The van der Waals surface area contributed by atoms with Gasteiger partial charge in [-0.05, 0) is 24.3 Å². The molecule has 0 fully saturated rings. The van der Waals surface area contributed by atoms with E-state index in [0.717, 1.165) is 22.9 Å². The number of hydrogen-bond acceptors (Lipinski definition) is 2. The second-order valence-corrected chi connectivity index (χ2v) is 3.07. The number of rotatable bonds is 2. The summed E-state index contributed by atoms with van der Waals surface area (Å²) in [5, 5.41) is 1.06. The number of hydrogen-bond donors (Lipinski definition) is 0. The van der Waals surface area contributed by atoms with Crippen molar-refractivity contribution in [2.24, 2.45) is 7.05 Å².